The van der Waals surface area contributed by atoms with Crippen LogP contribution in [0.4, 0.5) is 4.39 Å². The van der Waals surface area contributed by atoms with E-state index in [4.69, 9.17) is 0 Å². The number of carbonyl (C=O) groups is 1. The fraction of sp³-hybridized carbons (Fsp3) is 0.429. The summed E-state index contributed by atoms with van der Waals surface area (Å²) in [6.07, 6.45) is 1.80. The first-order valence-corrected chi connectivity index (χ1v) is 9.30. The predicted molar refractivity (Wildman–Crippen MR) is 103 cm³/mol. The molecule has 3 rings (SSSR count). The highest BCUT2D eigenvalue weighted by Crippen LogP contribution is 2.20. The normalized spacial score (nSPS) is 17.7. The number of rotatable bonds is 4. The second-order valence-electron chi connectivity index (χ2n) is 7.38. The van der Waals surface area contributed by atoms with Crippen LogP contribution in [0.5, 0.6) is 0 Å². The Bertz CT molecular complexity index is 893. The van der Waals surface area contributed by atoms with Gasteiger partial charge in [0.05, 0.1) is 0 Å². The average molecular weight is 371 g/mol. The molecule has 1 fully saturated rings. The average Bonchev–Trinajstić information content (AvgIpc) is 2.62. The summed E-state index contributed by atoms with van der Waals surface area (Å²) in [7, 11) is 1.75. The third-order valence-electron chi connectivity index (χ3n) is 5.28. The van der Waals surface area contributed by atoms with Crippen LogP contribution in [0, 0.1) is 19.7 Å². The molecule has 0 spiro atoms. The standard InChI is InChI=1S/C21H26FN3O2/c1-14-11-15(2)23-20(26)19(14)21(27)24(3)17-8-6-10-25(13-17)12-16-7-4-5-9-18(16)22/h4-5,7,9,11,17H,6,8,10,12-13H2,1-3H3,(H,23,26)/t17-/m0/s1. The second-order valence-corrected chi connectivity index (χ2v) is 7.38. The molecule has 1 aromatic heterocycles. The molecule has 2 aromatic rings. The highest BCUT2D eigenvalue weighted by atomic mass is 19.1. The maximum absolute atomic E-state index is 13.9. The molecule has 1 aromatic carbocycles. The van der Waals surface area contributed by atoms with Crippen molar-refractivity contribution < 1.29 is 9.18 Å². The third kappa shape index (κ3) is 4.27. The summed E-state index contributed by atoms with van der Waals surface area (Å²) in [6, 6.07) is 8.60. The largest absolute Gasteiger partial charge is 0.337 e. The Morgan fingerprint density at radius 3 is 2.78 bits per heavy atom. The van der Waals surface area contributed by atoms with Gasteiger partial charge in [-0.15, -0.1) is 0 Å². The van der Waals surface area contributed by atoms with Crippen LogP contribution in [-0.4, -0.2) is 46.9 Å². The van der Waals surface area contributed by atoms with E-state index in [0.717, 1.165) is 25.1 Å². The van der Waals surface area contributed by atoms with E-state index in [0.29, 0.717) is 24.2 Å². The van der Waals surface area contributed by atoms with Crippen LogP contribution in [0.1, 0.15) is 40.0 Å². The smallest absolute Gasteiger partial charge is 0.261 e. The highest BCUT2D eigenvalue weighted by Gasteiger charge is 2.29. The van der Waals surface area contributed by atoms with Crippen LogP contribution in [-0.2, 0) is 6.54 Å². The van der Waals surface area contributed by atoms with E-state index in [9.17, 15) is 14.0 Å². The minimum Gasteiger partial charge on any atom is -0.337 e. The lowest BCUT2D eigenvalue weighted by atomic mass is 10.0. The Morgan fingerprint density at radius 1 is 1.33 bits per heavy atom. The summed E-state index contributed by atoms with van der Waals surface area (Å²) in [4.78, 5) is 31.8. The summed E-state index contributed by atoms with van der Waals surface area (Å²) in [5, 5.41) is 0. The number of amides is 1. The van der Waals surface area contributed by atoms with Crippen LogP contribution in [0.2, 0.25) is 0 Å². The van der Waals surface area contributed by atoms with Crippen molar-refractivity contribution in [2.24, 2.45) is 0 Å². The van der Waals surface area contributed by atoms with Crippen LogP contribution in [0.25, 0.3) is 0 Å². The molecular formula is C21H26FN3O2. The van der Waals surface area contributed by atoms with Crippen molar-refractivity contribution in [1.82, 2.24) is 14.8 Å². The number of likely N-dealkylation sites (N-methyl/N-ethyl adjacent to an activating group) is 1. The van der Waals surface area contributed by atoms with Gasteiger partial charge in [0, 0.05) is 37.4 Å². The predicted octanol–water partition coefficient (Wildman–Crippen LogP) is 2.87. The fourth-order valence-electron chi connectivity index (χ4n) is 3.82. The molecule has 144 valence electrons. The number of benzene rings is 1. The summed E-state index contributed by atoms with van der Waals surface area (Å²) in [6.45, 7) is 5.65. The lowest BCUT2D eigenvalue weighted by Crippen LogP contribution is -2.49. The molecule has 0 radical (unpaired) electrons. The fourth-order valence-corrected chi connectivity index (χ4v) is 3.82. The van der Waals surface area contributed by atoms with Crippen molar-refractivity contribution in [3.63, 3.8) is 0 Å². The lowest BCUT2D eigenvalue weighted by Gasteiger charge is -2.37. The molecular weight excluding hydrogens is 345 g/mol. The number of carbonyl (C=O) groups excluding carboxylic acids is 1. The molecule has 27 heavy (non-hydrogen) atoms. The van der Waals surface area contributed by atoms with Crippen molar-refractivity contribution in [1.29, 1.82) is 0 Å². The van der Waals surface area contributed by atoms with Crippen LogP contribution >= 0.6 is 0 Å². The minimum absolute atomic E-state index is 0.00173. The Balaban J connectivity index is 1.73. The molecule has 0 saturated carbocycles. The molecule has 1 N–H and O–H groups in total. The number of likely N-dealkylation sites (tertiary alicyclic amines) is 1. The maximum Gasteiger partial charge on any atom is 0.261 e. The quantitative estimate of drug-likeness (QED) is 0.899. The molecule has 5 nitrogen and oxygen atoms in total. The molecule has 2 heterocycles. The van der Waals surface area contributed by atoms with Gasteiger partial charge in [-0.25, -0.2) is 4.39 Å². The van der Waals surface area contributed by atoms with Crippen molar-refractivity contribution in [2.75, 3.05) is 20.1 Å². The minimum atomic E-state index is -0.344. The number of hydrogen-bond donors (Lipinski definition) is 1. The van der Waals surface area contributed by atoms with Crippen molar-refractivity contribution in [3.8, 4) is 0 Å². The van der Waals surface area contributed by atoms with Gasteiger partial charge >= 0.3 is 0 Å². The van der Waals surface area contributed by atoms with E-state index in [1.165, 1.54) is 6.07 Å². The molecule has 1 aliphatic heterocycles. The molecule has 0 bridgehead atoms. The maximum atomic E-state index is 13.9. The number of H-pyrrole nitrogens is 1. The molecule has 1 amide bonds. The Hall–Kier alpha value is -2.47. The van der Waals surface area contributed by atoms with Crippen LogP contribution in [0.15, 0.2) is 35.1 Å². The van der Waals surface area contributed by atoms with Gasteiger partial charge in [0.1, 0.15) is 11.4 Å². The number of halogens is 1. The summed E-state index contributed by atoms with van der Waals surface area (Å²) < 4.78 is 13.9. The molecule has 0 unspecified atom stereocenters. The van der Waals surface area contributed by atoms with Gasteiger partial charge in [-0.3, -0.25) is 14.5 Å². The van der Waals surface area contributed by atoms with Gasteiger partial charge in [0.15, 0.2) is 0 Å². The first-order valence-electron chi connectivity index (χ1n) is 9.30. The van der Waals surface area contributed by atoms with E-state index in [2.05, 4.69) is 9.88 Å². The molecule has 1 aliphatic rings. The van der Waals surface area contributed by atoms with Gasteiger partial charge in [-0.2, -0.15) is 0 Å². The van der Waals surface area contributed by atoms with Crippen molar-refractivity contribution in [2.45, 2.75) is 39.3 Å². The van der Waals surface area contributed by atoms with Gasteiger partial charge in [-0.05, 0) is 50.9 Å². The van der Waals surface area contributed by atoms with Gasteiger partial charge in [-0.1, -0.05) is 18.2 Å². The number of aromatic nitrogens is 1. The van der Waals surface area contributed by atoms with Crippen molar-refractivity contribution >= 4 is 5.91 Å². The number of nitrogens with zero attached hydrogens (tertiary/aromatic N) is 2. The summed E-state index contributed by atoms with van der Waals surface area (Å²) in [5.74, 6) is -0.461. The SMILES string of the molecule is Cc1cc(C)c(C(=O)N(C)[C@H]2CCCN(Cc3ccccc3F)C2)c(=O)[nH]1. The number of piperidine rings is 1. The topological polar surface area (TPSA) is 56.4 Å². The van der Waals surface area contributed by atoms with Crippen molar-refractivity contribution in [3.05, 3.63) is 68.9 Å². The molecule has 6 heteroatoms. The monoisotopic (exact) mass is 371 g/mol. The molecule has 1 saturated heterocycles. The lowest BCUT2D eigenvalue weighted by molar-refractivity contribution is 0.0605. The Morgan fingerprint density at radius 2 is 2.07 bits per heavy atom. The third-order valence-corrected chi connectivity index (χ3v) is 5.28. The summed E-state index contributed by atoms with van der Waals surface area (Å²) >= 11 is 0. The number of aromatic amines is 1. The molecule has 1 atom stereocenters. The number of nitrogens with one attached hydrogen (secondary N) is 1. The first kappa shape index (κ1) is 19.3. The van der Waals surface area contributed by atoms with Crippen LogP contribution in [0.3, 0.4) is 0 Å². The van der Waals surface area contributed by atoms with E-state index in [-0.39, 0.29) is 28.9 Å². The summed E-state index contributed by atoms with van der Waals surface area (Å²) in [5.41, 5.74) is 1.95. The van der Waals surface area contributed by atoms with Gasteiger partial charge in [0.25, 0.3) is 11.5 Å². The zero-order valence-corrected chi connectivity index (χ0v) is 16.1. The zero-order valence-electron chi connectivity index (χ0n) is 16.1. The Labute approximate surface area is 158 Å². The van der Waals surface area contributed by atoms with Gasteiger partial charge < -0.3 is 9.88 Å². The molecule has 0 aliphatic carbocycles. The van der Waals surface area contributed by atoms with E-state index in [1.54, 1.807) is 37.9 Å². The number of hydrogen-bond acceptors (Lipinski definition) is 3. The van der Waals surface area contributed by atoms with E-state index < -0.39 is 0 Å². The number of aryl methyl sites for hydroxylation is 2. The zero-order chi connectivity index (χ0) is 19.6. The highest BCUT2D eigenvalue weighted by molar-refractivity contribution is 5.95. The van der Waals surface area contributed by atoms with E-state index >= 15 is 0 Å². The Kier molecular flexibility index (Phi) is 5.75. The van der Waals surface area contributed by atoms with E-state index in [1.807, 2.05) is 12.1 Å². The van der Waals surface area contributed by atoms with Gasteiger partial charge in [0.2, 0.25) is 0 Å². The second kappa shape index (κ2) is 8.05. The number of pyridine rings is 1. The van der Waals surface area contributed by atoms with Crippen LogP contribution < -0.4 is 5.56 Å². The first-order chi connectivity index (χ1) is 12.9.